The third kappa shape index (κ3) is 4.28. The van der Waals surface area contributed by atoms with Crippen molar-refractivity contribution in [1.29, 1.82) is 0 Å². The zero-order valence-electron chi connectivity index (χ0n) is 12.6. The van der Waals surface area contributed by atoms with Crippen LogP contribution in [0.25, 0.3) is 0 Å². The van der Waals surface area contributed by atoms with Crippen LogP contribution in [-0.2, 0) is 23.1 Å². The van der Waals surface area contributed by atoms with Crippen LogP contribution in [0.15, 0.2) is 23.1 Å². The van der Waals surface area contributed by atoms with Crippen LogP contribution in [0.2, 0.25) is 0 Å². The molecule has 1 aliphatic carbocycles. The lowest BCUT2D eigenvalue weighted by atomic mass is 9.90. The first-order valence-corrected chi connectivity index (χ1v) is 9.27. The van der Waals surface area contributed by atoms with E-state index in [2.05, 4.69) is 4.72 Å². The van der Waals surface area contributed by atoms with Crippen molar-refractivity contribution in [2.24, 2.45) is 5.92 Å². The maximum absolute atomic E-state index is 12.3. The van der Waals surface area contributed by atoms with Gasteiger partial charge in [0.25, 0.3) is 0 Å². The second kappa shape index (κ2) is 7.38. The van der Waals surface area contributed by atoms with Crippen LogP contribution in [0.4, 0.5) is 0 Å². The van der Waals surface area contributed by atoms with Crippen molar-refractivity contribution in [1.82, 2.24) is 4.72 Å². The summed E-state index contributed by atoms with van der Waals surface area (Å²) in [6.07, 6.45) is 6.67. The Morgan fingerprint density at radius 1 is 1.19 bits per heavy atom. The molecule has 0 saturated heterocycles. The molecule has 5 heteroatoms. The maximum Gasteiger partial charge on any atom is 0.240 e. The van der Waals surface area contributed by atoms with E-state index in [-0.39, 0.29) is 11.5 Å². The van der Waals surface area contributed by atoms with Crippen LogP contribution in [0.5, 0.6) is 0 Å². The van der Waals surface area contributed by atoms with Crippen LogP contribution < -0.4 is 4.72 Å². The first-order chi connectivity index (χ1) is 10.1. The van der Waals surface area contributed by atoms with E-state index >= 15 is 0 Å². The fourth-order valence-corrected chi connectivity index (χ4v) is 4.13. The first-order valence-electron chi connectivity index (χ1n) is 7.79. The van der Waals surface area contributed by atoms with Crippen molar-refractivity contribution >= 4 is 10.0 Å². The van der Waals surface area contributed by atoms with Crippen LogP contribution >= 0.6 is 0 Å². The highest BCUT2D eigenvalue weighted by Crippen LogP contribution is 2.23. The molecule has 0 bridgehead atoms. The molecular weight excluding hydrogens is 286 g/mol. The molecule has 1 aliphatic rings. The molecule has 2 rings (SSSR count). The van der Waals surface area contributed by atoms with Crippen molar-refractivity contribution in [3.63, 3.8) is 0 Å². The number of rotatable bonds is 6. The van der Waals surface area contributed by atoms with E-state index in [4.69, 9.17) is 0 Å². The average molecular weight is 311 g/mol. The van der Waals surface area contributed by atoms with Crippen molar-refractivity contribution in [2.45, 2.75) is 57.0 Å². The summed E-state index contributed by atoms with van der Waals surface area (Å²) < 4.78 is 27.4. The molecule has 0 atom stereocenters. The van der Waals surface area contributed by atoms with Gasteiger partial charge in [0, 0.05) is 6.54 Å². The Morgan fingerprint density at radius 3 is 2.52 bits per heavy atom. The van der Waals surface area contributed by atoms with Crippen LogP contribution in [0.3, 0.4) is 0 Å². The van der Waals surface area contributed by atoms with Gasteiger partial charge in [-0.15, -0.1) is 0 Å². The summed E-state index contributed by atoms with van der Waals surface area (Å²) in [4.78, 5) is 0.250. The predicted molar refractivity (Wildman–Crippen MR) is 83.5 cm³/mol. The number of aliphatic hydroxyl groups is 1. The molecule has 0 unspecified atom stereocenters. The number of hydrogen-bond donors (Lipinski definition) is 2. The lowest BCUT2D eigenvalue weighted by molar-refractivity contribution is 0.280. The molecule has 0 heterocycles. The van der Waals surface area contributed by atoms with Crippen LogP contribution in [-0.4, -0.2) is 20.1 Å². The Hall–Kier alpha value is -0.910. The van der Waals surface area contributed by atoms with Gasteiger partial charge in [-0.2, -0.15) is 0 Å². The van der Waals surface area contributed by atoms with Gasteiger partial charge >= 0.3 is 0 Å². The number of aliphatic hydroxyl groups excluding tert-OH is 1. The number of nitrogens with one attached hydrogen (secondary N) is 1. The van der Waals surface area contributed by atoms with Gasteiger partial charge in [0.05, 0.1) is 11.5 Å². The van der Waals surface area contributed by atoms with E-state index in [0.29, 0.717) is 18.0 Å². The summed E-state index contributed by atoms with van der Waals surface area (Å²) in [5, 5.41) is 9.36. The molecule has 4 nitrogen and oxygen atoms in total. The molecule has 1 saturated carbocycles. The zero-order chi connectivity index (χ0) is 15.3. The SMILES string of the molecule is CCc1ccc(S(=O)(=O)NCC2CCCCC2)cc1CO. The van der Waals surface area contributed by atoms with E-state index in [1.54, 1.807) is 18.2 Å². The monoisotopic (exact) mass is 311 g/mol. The highest BCUT2D eigenvalue weighted by molar-refractivity contribution is 7.89. The number of aryl methyl sites for hydroxylation is 1. The minimum Gasteiger partial charge on any atom is -0.392 e. The van der Waals surface area contributed by atoms with Crippen molar-refractivity contribution in [3.8, 4) is 0 Å². The Bertz CT molecular complexity index is 563. The van der Waals surface area contributed by atoms with Crippen LogP contribution in [0, 0.1) is 5.92 Å². The molecule has 0 spiro atoms. The molecule has 1 aromatic rings. The third-order valence-corrected chi connectivity index (χ3v) is 5.75. The molecule has 2 N–H and O–H groups in total. The largest absolute Gasteiger partial charge is 0.392 e. The topological polar surface area (TPSA) is 66.4 Å². The van der Waals surface area contributed by atoms with Gasteiger partial charge in [0.2, 0.25) is 10.0 Å². The summed E-state index contributed by atoms with van der Waals surface area (Å²) in [6, 6.07) is 5.00. The molecule has 0 aliphatic heterocycles. The summed E-state index contributed by atoms with van der Waals surface area (Å²) in [6.45, 7) is 2.38. The van der Waals surface area contributed by atoms with E-state index in [1.165, 1.54) is 19.3 Å². The molecule has 1 aromatic carbocycles. The van der Waals surface area contributed by atoms with E-state index in [0.717, 1.165) is 24.8 Å². The predicted octanol–water partition coefficient (Wildman–Crippen LogP) is 2.60. The Morgan fingerprint density at radius 2 is 1.90 bits per heavy atom. The van der Waals surface area contributed by atoms with Crippen LogP contribution in [0.1, 0.15) is 50.2 Å². The second-order valence-corrected chi connectivity index (χ2v) is 7.57. The molecule has 118 valence electrons. The number of benzene rings is 1. The van der Waals surface area contributed by atoms with Gasteiger partial charge in [-0.3, -0.25) is 0 Å². The van der Waals surface area contributed by atoms with E-state index in [9.17, 15) is 13.5 Å². The number of sulfonamides is 1. The summed E-state index contributed by atoms with van der Waals surface area (Å²) >= 11 is 0. The van der Waals surface area contributed by atoms with Gasteiger partial charge in [0.1, 0.15) is 0 Å². The molecule has 0 aromatic heterocycles. The van der Waals surface area contributed by atoms with Crippen molar-refractivity contribution < 1.29 is 13.5 Å². The minimum atomic E-state index is -3.48. The lowest BCUT2D eigenvalue weighted by Gasteiger charge is -2.21. The lowest BCUT2D eigenvalue weighted by Crippen LogP contribution is -2.30. The highest BCUT2D eigenvalue weighted by Gasteiger charge is 2.19. The van der Waals surface area contributed by atoms with Gasteiger partial charge < -0.3 is 5.11 Å². The Labute approximate surface area is 127 Å². The standard InChI is InChI=1S/C16H25NO3S/c1-2-14-8-9-16(10-15(14)12-18)21(19,20)17-11-13-6-4-3-5-7-13/h8-10,13,17-18H,2-7,11-12H2,1H3. The quantitative estimate of drug-likeness (QED) is 0.848. The fraction of sp³-hybridized carbons (Fsp3) is 0.625. The summed E-state index contributed by atoms with van der Waals surface area (Å²) in [7, 11) is -3.48. The second-order valence-electron chi connectivity index (χ2n) is 5.80. The Kier molecular flexibility index (Phi) is 5.79. The Balaban J connectivity index is 2.07. The van der Waals surface area contributed by atoms with Gasteiger partial charge in [0.15, 0.2) is 0 Å². The van der Waals surface area contributed by atoms with Gasteiger partial charge in [-0.05, 0) is 48.4 Å². The highest BCUT2D eigenvalue weighted by atomic mass is 32.2. The van der Waals surface area contributed by atoms with Gasteiger partial charge in [-0.1, -0.05) is 32.3 Å². The first kappa shape index (κ1) is 16.5. The van der Waals surface area contributed by atoms with Crippen molar-refractivity contribution in [2.75, 3.05) is 6.54 Å². The number of hydrogen-bond acceptors (Lipinski definition) is 3. The summed E-state index contributed by atoms with van der Waals surface area (Å²) in [5.74, 6) is 0.459. The third-order valence-electron chi connectivity index (χ3n) is 4.33. The minimum absolute atomic E-state index is 0.130. The fourth-order valence-electron chi connectivity index (χ4n) is 2.96. The van der Waals surface area contributed by atoms with Gasteiger partial charge in [-0.25, -0.2) is 13.1 Å². The molecule has 21 heavy (non-hydrogen) atoms. The van der Waals surface area contributed by atoms with E-state index < -0.39 is 10.0 Å². The normalized spacial score (nSPS) is 17.0. The summed E-state index contributed by atoms with van der Waals surface area (Å²) in [5.41, 5.74) is 1.68. The molecule has 0 amide bonds. The molecule has 0 radical (unpaired) electrons. The average Bonchev–Trinajstić information content (AvgIpc) is 2.53. The van der Waals surface area contributed by atoms with Crippen molar-refractivity contribution in [3.05, 3.63) is 29.3 Å². The molecule has 1 fully saturated rings. The van der Waals surface area contributed by atoms with E-state index in [1.807, 2.05) is 6.92 Å². The smallest absolute Gasteiger partial charge is 0.240 e. The maximum atomic E-state index is 12.3. The zero-order valence-corrected chi connectivity index (χ0v) is 13.5. The molecular formula is C16H25NO3S.